The maximum Gasteiger partial charge on any atom is 0.305 e. The Hall–Kier alpha value is -1.57. The fourth-order valence-corrected chi connectivity index (χ4v) is 2.96. The Morgan fingerprint density at radius 1 is 1.50 bits per heavy atom. The molecule has 8 heteroatoms. The van der Waals surface area contributed by atoms with Gasteiger partial charge in [0, 0.05) is 24.2 Å². The zero-order valence-electron chi connectivity index (χ0n) is 9.73. The number of rotatable bonds is 4. The van der Waals surface area contributed by atoms with E-state index in [2.05, 4.69) is 10.3 Å². The highest BCUT2D eigenvalue weighted by molar-refractivity contribution is 7.99. The van der Waals surface area contributed by atoms with E-state index in [9.17, 15) is 9.59 Å². The molecule has 18 heavy (non-hydrogen) atoms. The van der Waals surface area contributed by atoms with Gasteiger partial charge < -0.3 is 10.0 Å². The van der Waals surface area contributed by atoms with E-state index in [0.29, 0.717) is 12.3 Å². The Labute approximate surface area is 108 Å². The monoisotopic (exact) mass is 270 g/mol. The van der Waals surface area contributed by atoms with Crippen molar-refractivity contribution >= 4 is 23.6 Å². The number of hydrogen-bond acceptors (Lipinski definition) is 5. The summed E-state index contributed by atoms with van der Waals surface area (Å²) in [4.78, 5) is 24.5. The van der Waals surface area contributed by atoms with Gasteiger partial charge in [-0.2, -0.15) is 11.8 Å². The number of amides is 1. The minimum absolute atomic E-state index is 0.00387. The molecule has 1 aliphatic heterocycles. The first kappa shape index (κ1) is 12.9. The van der Waals surface area contributed by atoms with Crippen LogP contribution in [0.4, 0.5) is 0 Å². The number of thioether (sulfide) groups is 1. The van der Waals surface area contributed by atoms with E-state index in [4.69, 9.17) is 5.11 Å². The standard InChI is InChI=1S/C10H14N4O3S/c15-9(6-13-2-1-11-12-13)14-3-4-18-7-8(14)5-10(16)17/h1-2,8H,3-7H2,(H,16,17). The first-order valence-electron chi connectivity index (χ1n) is 5.60. The summed E-state index contributed by atoms with van der Waals surface area (Å²) in [6.07, 6.45) is 3.12. The van der Waals surface area contributed by atoms with Crippen LogP contribution >= 0.6 is 11.8 Å². The highest BCUT2D eigenvalue weighted by atomic mass is 32.2. The first-order chi connectivity index (χ1) is 8.66. The second-order valence-electron chi connectivity index (χ2n) is 4.01. The Morgan fingerprint density at radius 3 is 3.00 bits per heavy atom. The van der Waals surface area contributed by atoms with Crippen LogP contribution in [0.25, 0.3) is 0 Å². The summed E-state index contributed by atoms with van der Waals surface area (Å²) in [6.45, 7) is 0.705. The molecule has 2 heterocycles. The van der Waals surface area contributed by atoms with Gasteiger partial charge in [0.25, 0.3) is 0 Å². The normalized spacial score (nSPS) is 19.8. The molecule has 7 nitrogen and oxygen atoms in total. The topological polar surface area (TPSA) is 88.3 Å². The van der Waals surface area contributed by atoms with Crippen molar-refractivity contribution in [1.82, 2.24) is 19.9 Å². The number of hydrogen-bond donors (Lipinski definition) is 1. The molecule has 0 aliphatic carbocycles. The second kappa shape index (κ2) is 5.85. The van der Waals surface area contributed by atoms with Crippen molar-refractivity contribution in [3.05, 3.63) is 12.4 Å². The maximum absolute atomic E-state index is 12.1. The Balaban J connectivity index is 1.99. The minimum atomic E-state index is -0.874. The molecule has 0 saturated carbocycles. The van der Waals surface area contributed by atoms with Crippen LogP contribution in [0.3, 0.4) is 0 Å². The van der Waals surface area contributed by atoms with Crippen molar-refractivity contribution in [1.29, 1.82) is 0 Å². The van der Waals surface area contributed by atoms with E-state index in [-0.39, 0.29) is 24.9 Å². The van der Waals surface area contributed by atoms with Crippen molar-refractivity contribution in [2.75, 3.05) is 18.1 Å². The predicted molar refractivity (Wildman–Crippen MR) is 65.1 cm³/mol. The molecule has 1 atom stereocenters. The fourth-order valence-electron chi connectivity index (χ4n) is 1.90. The number of carboxylic acids is 1. The van der Waals surface area contributed by atoms with Gasteiger partial charge in [-0.3, -0.25) is 9.59 Å². The molecule has 0 aromatic carbocycles. The third-order valence-corrected chi connectivity index (χ3v) is 3.82. The fraction of sp³-hybridized carbons (Fsp3) is 0.600. The summed E-state index contributed by atoms with van der Waals surface area (Å²) < 4.78 is 1.45. The Morgan fingerprint density at radius 2 is 2.33 bits per heavy atom. The second-order valence-corrected chi connectivity index (χ2v) is 5.16. The number of carboxylic acid groups (broad SMARTS) is 1. The van der Waals surface area contributed by atoms with Gasteiger partial charge in [-0.25, -0.2) is 4.68 Å². The quantitative estimate of drug-likeness (QED) is 0.808. The molecule has 0 radical (unpaired) electrons. The van der Waals surface area contributed by atoms with Crippen LogP contribution < -0.4 is 0 Å². The van der Waals surface area contributed by atoms with Gasteiger partial charge >= 0.3 is 5.97 Å². The summed E-state index contributed by atoms with van der Waals surface area (Å²) in [5, 5.41) is 16.2. The Bertz CT molecular complexity index is 423. The number of aromatic nitrogens is 3. The molecule has 1 unspecified atom stereocenters. The summed E-state index contributed by atoms with van der Waals surface area (Å²) >= 11 is 1.68. The third kappa shape index (κ3) is 3.22. The molecule has 1 fully saturated rings. The van der Waals surface area contributed by atoms with Gasteiger partial charge in [0.15, 0.2) is 0 Å². The molecule has 1 aromatic heterocycles. The minimum Gasteiger partial charge on any atom is -0.481 e. The van der Waals surface area contributed by atoms with Crippen LogP contribution in [0, 0.1) is 0 Å². The lowest BCUT2D eigenvalue weighted by Gasteiger charge is -2.34. The van der Waals surface area contributed by atoms with Gasteiger partial charge in [0.1, 0.15) is 6.54 Å². The lowest BCUT2D eigenvalue weighted by Crippen LogP contribution is -2.48. The van der Waals surface area contributed by atoms with Gasteiger partial charge in [-0.1, -0.05) is 5.21 Å². The van der Waals surface area contributed by atoms with E-state index >= 15 is 0 Å². The number of carbonyl (C=O) groups excluding carboxylic acids is 1. The van der Waals surface area contributed by atoms with Crippen LogP contribution in [-0.2, 0) is 16.1 Å². The molecular weight excluding hydrogens is 256 g/mol. The van der Waals surface area contributed by atoms with E-state index in [1.165, 1.54) is 10.9 Å². The number of aliphatic carboxylic acids is 1. The average Bonchev–Trinajstić information content (AvgIpc) is 2.81. The average molecular weight is 270 g/mol. The van der Waals surface area contributed by atoms with Crippen LogP contribution in [0.2, 0.25) is 0 Å². The molecule has 0 bridgehead atoms. The number of nitrogens with zero attached hydrogens (tertiary/aromatic N) is 4. The van der Waals surface area contributed by atoms with E-state index in [1.807, 2.05) is 0 Å². The van der Waals surface area contributed by atoms with Gasteiger partial charge in [-0.15, -0.1) is 5.10 Å². The molecule has 2 rings (SSSR count). The molecule has 1 saturated heterocycles. The SMILES string of the molecule is O=C(O)CC1CSCCN1C(=O)Cn1ccnn1. The van der Waals surface area contributed by atoms with Crippen molar-refractivity contribution in [3.8, 4) is 0 Å². The van der Waals surface area contributed by atoms with Crippen LogP contribution in [-0.4, -0.2) is 61.0 Å². The lowest BCUT2D eigenvalue weighted by atomic mass is 10.2. The zero-order chi connectivity index (χ0) is 13.0. The van der Waals surface area contributed by atoms with Crippen molar-refractivity contribution in [2.24, 2.45) is 0 Å². The van der Waals surface area contributed by atoms with Crippen molar-refractivity contribution in [2.45, 2.75) is 19.0 Å². The Kier molecular flexibility index (Phi) is 4.19. The highest BCUT2D eigenvalue weighted by Gasteiger charge is 2.28. The van der Waals surface area contributed by atoms with Gasteiger partial charge in [0.05, 0.1) is 18.7 Å². The lowest BCUT2D eigenvalue weighted by molar-refractivity contribution is -0.140. The molecule has 0 spiro atoms. The molecule has 98 valence electrons. The van der Waals surface area contributed by atoms with Crippen LogP contribution in [0.1, 0.15) is 6.42 Å². The molecule has 1 amide bonds. The van der Waals surface area contributed by atoms with Gasteiger partial charge in [-0.05, 0) is 0 Å². The molecule has 1 N–H and O–H groups in total. The predicted octanol–water partition coefficient (Wildman–Crippen LogP) is -0.303. The highest BCUT2D eigenvalue weighted by Crippen LogP contribution is 2.19. The molecule has 1 aliphatic rings. The summed E-state index contributed by atoms with van der Waals surface area (Å²) in [6, 6.07) is -0.225. The number of carbonyl (C=O) groups is 2. The van der Waals surface area contributed by atoms with Crippen LogP contribution in [0.15, 0.2) is 12.4 Å². The first-order valence-corrected chi connectivity index (χ1v) is 6.75. The molecular formula is C10H14N4O3S. The summed E-state index contributed by atoms with van der Waals surface area (Å²) in [5.41, 5.74) is 0. The zero-order valence-corrected chi connectivity index (χ0v) is 10.5. The van der Waals surface area contributed by atoms with E-state index in [1.54, 1.807) is 22.9 Å². The summed E-state index contributed by atoms with van der Waals surface area (Å²) in [5.74, 6) is 0.544. The third-order valence-electron chi connectivity index (χ3n) is 2.73. The maximum atomic E-state index is 12.1. The van der Waals surface area contributed by atoms with Crippen molar-refractivity contribution in [3.63, 3.8) is 0 Å². The van der Waals surface area contributed by atoms with Gasteiger partial charge in [0.2, 0.25) is 5.91 Å². The van der Waals surface area contributed by atoms with E-state index < -0.39 is 5.97 Å². The van der Waals surface area contributed by atoms with E-state index in [0.717, 1.165) is 5.75 Å². The van der Waals surface area contributed by atoms with Crippen molar-refractivity contribution < 1.29 is 14.7 Å². The summed E-state index contributed by atoms with van der Waals surface area (Å²) in [7, 11) is 0. The van der Waals surface area contributed by atoms with Crippen LogP contribution in [0.5, 0.6) is 0 Å². The largest absolute Gasteiger partial charge is 0.481 e. The molecule has 1 aromatic rings. The smallest absolute Gasteiger partial charge is 0.305 e.